The molecule has 0 bridgehead atoms. The van der Waals surface area contributed by atoms with Crippen LogP contribution < -0.4 is 5.32 Å². The van der Waals surface area contributed by atoms with Gasteiger partial charge in [0.15, 0.2) is 5.13 Å². The third-order valence-electron chi connectivity index (χ3n) is 3.01. The van der Waals surface area contributed by atoms with E-state index in [1.54, 1.807) is 5.38 Å². The van der Waals surface area contributed by atoms with E-state index in [0.29, 0.717) is 15.7 Å². The molecule has 2 aromatic heterocycles. The summed E-state index contributed by atoms with van der Waals surface area (Å²) in [7, 11) is 0. The molecule has 0 radical (unpaired) electrons. The van der Waals surface area contributed by atoms with Crippen molar-refractivity contribution in [3.05, 3.63) is 62.8 Å². The largest absolute Gasteiger partial charge is 0.302 e. The molecule has 116 valence electrons. The predicted octanol–water partition coefficient (Wildman–Crippen LogP) is 3.96. The van der Waals surface area contributed by atoms with E-state index in [9.17, 15) is 14.9 Å². The first-order valence-corrected chi connectivity index (χ1v) is 8.40. The highest BCUT2D eigenvalue weighted by Gasteiger charge is 2.14. The zero-order valence-corrected chi connectivity index (χ0v) is 13.4. The van der Waals surface area contributed by atoms with Gasteiger partial charge in [-0.15, -0.1) is 22.7 Å². The lowest BCUT2D eigenvalue weighted by molar-refractivity contribution is -0.384. The number of thiophene rings is 1. The van der Waals surface area contributed by atoms with Gasteiger partial charge in [-0.25, -0.2) is 4.98 Å². The number of thiazole rings is 1. The quantitative estimate of drug-likeness (QED) is 0.560. The molecule has 2 heterocycles. The van der Waals surface area contributed by atoms with Crippen LogP contribution in [0.25, 0.3) is 10.6 Å². The SMILES string of the molecule is O=C(Cc1ccccc1)Nc1nc(-c2cc([N+](=O)[O-])cs2)cs1. The topological polar surface area (TPSA) is 85.1 Å². The fraction of sp³-hybridized carbons (Fsp3) is 0.0667. The Morgan fingerprint density at radius 1 is 1.22 bits per heavy atom. The average Bonchev–Trinajstić information content (AvgIpc) is 3.16. The van der Waals surface area contributed by atoms with Crippen LogP contribution in [0.2, 0.25) is 0 Å². The van der Waals surface area contributed by atoms with Crippen LogP contribution in [0.1, 0.15) is 5.56 Å². The van der Waals surface area contributed by atoms with Crippen molar-refractivity contribution in [2.24, 2.45) is 0 Å². The van der Waals surface area contributed by atoms with Gasteiger partial charge in [0, 0.05) is 11.4 Å². The maximum Gasteiger partial charge on any atom is 0.280 e. The fourth-order valence-electron chi connectivity index (χ4n) is 1.95. The van der Waals surface area contributed by atoms with Crippen LogP contribution in [0.3, 0.4) is 0 Å². The van der Waals surface area contributed by atoms with Crippen molar-refractivity contribution in [2.45, 2.75) is 6.42 Å². The van der Waals surface area contributed by atoms with Crippen molar-refractivity contribution in [3.8, 4) is 10.6 Å². The van der Waals surface area contributed by atoms with E-state index in [4.69, 9.17) is 0 Å². The molecule has 23 heavy (non-hydrogen) atoms. The Bertz CT molecular complexity index is 843. The van der Waals surface area contributed by atoms with E-state index in [2.05, 4.69) is 10.3 Å². The number of nitrogens with zero attached hydrogens (tertiary/aromatic N) is 2. The fourth-order valence-corrected chi connectivity index (χ4v) is 3.56. The van der Waals surface area contributed by atoms with E-state index >= 15 is 0 Å². The first kappa shape index (κ1) is 15.3. The van der Waals surface area contributed by atoms with Gasteiger partial charge in [-0.3, -0.25) is 14.9 Å². The Labute approximate surface area is 139 Å². The Morgan fingerprint density at radius 2 is 2.00 bits per heavy atom. The molecule has 0 aliphatic carbocycles. The third kappa shape index (κ3) is 3.79. The molecule has 0 saturated heterocycles. The second-order valence-corrected chi connectivity index (χ2v) is 6.44. The van der Waals surface area contributed by atoms with E-state index in [1.165, 1.54) is 34.1 Å². The van der Waals surface area contributed by atoms with Gasteiger partial charge in [-0.1, -0.05) is 30.3 Å². The summed E-state index contributed by atoms with van der Waals surface area (Å²) in [6, 6.07) is 10.9. The lowest BCUT2D eigenvalue weighted by atomic mass is 10.1. The summed E-state index contributed by atoms with van der Waals surface area (Å²) in [5.74, 6) is -0.144. The molecule has 6 nitrogen and oxygen atoms in total. The number of anilines is 1. The van der Waals surface area contributed by atoms with Crippen molar-refractivity contribution in [1.29, 1.82) is 0 Å². The summed E-state index contributed by atoms with van der Waals surface area (Å²) in [4.78, 5) is 27.3. The van der Waals surface area contributed by atoms with Crippen LogP contribution >= 0.6 is 22.7 Å². The summed E-state index contributed by atoms with van der Waals surface area (Å²) in [5, 5.41) is 17.2. The summed E-state index contributed by atoms with van der Waals surface area (Å²) in [6.45, 7) is 0. The van der Waals surface area contributed by atoms with Gasteiger partial charge in [0.25, 0.3) is 5.69 Å². The molecule has 1 amide bonds. The van der Waals surface area contributed by atoms with Gasteiger partial charge in [0.05, 0.1) is 27.3 Å². The summed E-state index contributed by atoms with van der Waals surface area (Å²) >= 11 is 2.55. The molecular weight excluding hydrogens is 334 g/mol. The van der Waals surface area contributed by atoms with Crippen molar-refractivity contribution < 1.29 is 9.72 Å². The Balaban J connectivity index is 1.67. The molecule has 0 aliphatic rings. The number of rotatable bonds is 5. The smallest absolute Gasteiger partial charge is 0.280 e. The van der Waals surface area contributed by atoms with Gasteiger partial charge >= 0.3 is 0 Å². The van der Waals surface area contributed by atoms with Gasteiger partial charge < -0.3 is 5.32 Å². The standard InChI is InChI=1S/C15H11N3O3S2/c19-14(6-10-4-2-1-3-5-10)17-15-16-12(9-23-15)13-7-11(8-22-13)18(20)21/h1-5,7-9H,6H2,(H,16,17,19). The minimum atomic E-state index is -0.436. The van der Waals surface area contributed by atoms with Gasteiger partial charge in [0.1, 0.15) is 0 Å². The minimum absolute atomic E-state index is 0.0488. The monoisotopic (exact) mass is 345 g/mol. The van der Waals surface area contributed by atoms with Crippen molar-refractivity contribution >= 4 is 39.4 Å². The zero-order valence-electron chi connectivity index (χ0n) is 11.8. The number of amides is 1. The summed E-state index contributed by atoms with van der Waals surface area (Å²) < 4.78 is 0. The number of carbonyl (C=O) groups excluding carboxylic acids is 1. The van der Waals surface area contributed by atoms with Crippen LogP contribution in [0.4, 0.5) is 10.8 Å². The van der Waals surface area contributed by atoms with Crippen LogP contribution in [-0.2, 0) is 11.2 Å². The molecule has 0 atom stereocenters. The third-order valence-corrected chi connectivity index (χ3v) is 4.70. The Morgan fingerprint density at radius 3 is 2.70 bits per heavy atom. The average molecular weight is 345 g/mol. The second kappa shape index (κ2) is 6.67. The molecule has 1 aromatic carbocycles. The molecule has 0 fully saturated rings. The Hall–Kier alpha value is -2.58. The number of aromatic nitrogens is 1. The van der Waals surface area contributed by atoms with Crippen LogP contribution in [0.5, 0.6) is 0 Å². The van der Waals surface area contributed by atoms with Gasteiger partial charge in [0.2, 0.25) is 5.91 Å². The minimum Gasteiger partial charge on any atom is -0.302 e. The van der Waals surface area contributed by atoms with Gasteiger partial charge in [-0.05, 0) is 5.56 Å². The van der Waals surface area contributed by atoms with Crippen molar-refractivity contribution in [3.63, 3.8) is 0 Å². The predicted molar refractivity (Wildman–Crippen MR) is 90.9 cm³/mol. The molecule has 0 spiro atoms. The molecule has 3 aromatic rings. The summed E-state index contributed by atoms with van der Waals surface area (Å²) in [6.07, 6.45) is 0.278. The first-order valence-electron chi connectivity index (χ1n) is 6.64. The lowest BCUT2D eigenvalue weighted by Gasteiger charge is -2.01. The molecule has 8 heteroatoms. The number of hydrogen-bond donors (Lipinski definition) is 1. The van der Waals surface area contributed by atoms with Crippen molar-refractivity contribution in [1.82, 2.24) is 4.98 Å². The number of benzene rings is 1. The zero-order chi connectivity index (χ0) is 16.2. The second-order valence-electron chi connectivity index (χ2n) is 4.67. The van der Waals surface area contributed by atoms with Crippen molar-refractivity contribution in [2.75, 3.05) is 5.32 Å². The Kier molecular flexibility index (Phi) is 4.45. The lowest BCUT2D eigenvalue weighted by Crippen LogP contribution is -2.14. The molecule has 0 aliphatic heterocycles. The molecule has 0 unspecified atom stereocenters. The number of carbonyl (C=O) groups is 1. The van der Waals surface area contributed by atoms with Gasteiger partial charge in [-0.2, -0.15) is 0 Å². The maximum atomic E-state index is 12.0. The highest BCUT2D eigenvalue weighted by molar-refractivity contribution is 7.16. The normalized spacial score (nSPS) is 10.4. The highest BCUT2D eigenvalue weighted by atomic mass is 32.1. The van der Waals surface area contributed by atoms with Crippen LogP contribution in [-0.4, -0.2) is 15.8 Å². The maximum absolute atomic E-state index is 12.0. The summed E-state index contributed by atoms with van der Waals surface area (Å²) in [5.41, 5.74) is 1.60. The van der Waals surface area contributed by atoms with E-state index < -0.39 is 4.92 Å². The molecule has 0 saturated carbocycles. The van der Waals surface area contributed by atoms with Crippen LogP contribution in [0, 0.1) is 10.1 Å². The van der Waals surface area contributed by atoms with E-state index in [-0.39, 0.29) is 18.0 Å². The molecule has 3 rings (SSSR count). The van der Waals surface area contributed by atoms with Crippen LogP contribution in [0.15, 0.2) is 47.2 Å². The number of nitrogens with one attached hydrogen (secondary N) is 1. The first-order chi connectivity index (χ1) is 11.1. The molecule has 1 N–H and O–H groups in total. The van der Waals surface area contributed by atoms with E-state index in [0.717, 1.165) is 5.56 Å². The van der Waals surface area contributed by atoms with E-state index in [1.807, 2.05) is 30.3 Å². The number of nitro groups is 1. The molecular formula is C15H11N3O3S2. The number of hydrogen-bond acceptors (Lipinski definition) is 6. The highest BCUT2D eigenvalue weighted by Crippen LogP contribution is 2.32.